The fourth-order valence-electron chi connectivity index (χ4n) is 1.61. The lowest BCUT2D eigenvalue weighted by atomic mass is 10.1. The van der Waals surface area contributed by atoms with Crippen LogP contribution in [0.25, 0.3) is 0 Å². The van der Waals surface area contributed by atoms with Gasteiger partial charge in [-0.25, -0.2) is 9.97 Å². The van der Waals surface area contributed by atoms with E-state index in [2.05, 4.69) is 36.1 Å². The predicted octanol–water partition coefficient (Wildman–Crippen LogP) is 2.66. The van der Waals surface area contributed by atoms with E-state index in [4.69, 9.17) is 4.74 Å². The number of methoxy groups -OCH3 is 1. The zero-order valence-electron chi connectivity index (χ0n) is 11.7. The van der Waals surface area contributed by atoms with Crippen molar-refractivity contribution >= 4 is 5.82 Å². The molecule has 4 heteroatoms. The van der Waals surface area contributed by atoms with Gasteiger partial charge in [-0.1, -0.05) is 6.92 Å². The number of nitrogens with one attached hydrogen (secondary N) is 1. The van der Waals surface area contributed by atoms with Crippen molar-refractivity contribution in [3.63, 3.8) is 0 Å². The SMILES string of the molecule is CCNc1nc(C(C)(C)OC)nc(CC)c1C. The van der Waals surface area contributed by atoms with Crippen LogP contribution in [0.2, 0.25) is 0 Å². The number of nitrogens with zero attached hydrogens (tertiary/aromatic N) is 2. The van der Waals surface area contributed by atoms with E-state index in [-0.39, 0.29) is 0 Å². The van der Waals surface area contributed by atoms with Gasteiger partial charge in [-0.2, -0.15) is 0 Å². The zero-order chi connectivity index (χ0) is 13.1. The monoisotopic (exact) mass is 237 g/mol. The summed E-state index contributed by atoms with van der Waals surface area (Å²) in [5.41, 5.74) is 1.75. The molecule has 0 amide bonds. The van der Waals surface area contributed by atoms with E-state index in [1.165, 1.54) is 0 Å². The standard InChI is InChI=1S/C13H23N3O/c1-7-10-9(3)11(14-8-2)16-12(15-10)13(4,5)17-6/h7-8H2,1-6H3,(H,14,15,16). The first-order valence-corrected chi connectivity index (χ1v) is 6.13. The molecule has 1 aromatic heterocycles. The van der Waals surface area contributed by atoms with Crippen LogP contribution in [-0.2, 0) is 16.8 Å². The number of hydrogen-bond acceptors (Lipinski definition) is 4. The molecule has 96 valence electrons. The van der Waals surface area contributed by atoms with Gasteiger partial charge in [0.15, 0.2) is 5.82 Å². The first-order valence-electron chi connectivity index (χ1n) is 6.13. The van der Waals surface area contributed by atoms with E-state index in [0.717, 1.165) is 35.9 Å². The van der Waals surface area contributed by atoms with Crippen molar-refractivity contribution in [2.45, 2.75) is 46.6 Å². The average Bonchev–Trinajstić information content (AvgIpc) is 2.31. The van der Waals surface area contributed by atoms with Crippen molar-refractivity contribution in [2.75, 3.05) is 19.0 Å². The summed E-state index contributed by atoms with van der Waals surface area (Å²) < 4.78 is 5.44. The number of rotatable bonds is 5. The van der Waals surface area contributed by atoms with Gasteiger partial charge in [0.25, 0.3) is 0 Å². The predicted molar refractivity (Wildman–Crippen MR) is 70.3 cm³/mol. The first kappa shape index (κ1) is 13.9. The van der Waals surface area contributed by atoms with Crippen molar-refractivity contribution in [3.8, 4) is 0 Å². The molecule has 0 saturated carbocycles. The Morgan fingerprint density at radius 2 is 1.88 bits per heavy atom. The Labute approximate surface area is 104 Å². The van der Waals surface area contributed by atoms with Crippen molar-refractivity contribution in [1.29, 1.82) is 0 Å². The minimum atomic E-state index is -0.457. The highest BCUT2D eigenvalue weighted by Gasteiger charge is 2.25. The molecule has 0 bridgehead atoms. The highest BCUT2D eigenvalue weighted by atomic mass is 16.5. The van der Waals surface area contributed by atoms with Crippen LogP contribution in [0.3, 0.4) is 0 Å². The van der Waals surface area contributed by atoms with Crippen LogP contribution >= 0.6 is 0 Å². The van der Waals surface area contributed by atoms with Gasteiger partial charge in [0, 0.05) is 24.9 Å². The molecule has 1 rings (SSSR count). The van der Waals surface area contributed by atoms with E-state index in [9.17, 15) is 0 Å². The van der Waals surface area contributed by atoms with Gasteiger partial charge in [0.1, 0.15) is 11.4 Å². The number of hydrogen-bond donors (Lipinski definition) is 1. The summed E-state index contributed by atoms with van der Waals surface area (Å²) in [5, 5.41) is 3.28. The summed E-state index contributed by atoms with van der Waals surface area (Å²) in [6.45, 7) is 11.0. The summed E-state index contributed by atoms with van der Waals surface area (Å²) in [6.07, 6.45) is 0.902. The van der Waals surface area contributed by atoms with E-state index in [1.807, 2.05) is 13.8 Å². The zero-order valence-corrected chi connectivity index (χ0v) is 11.7. The van der Waals surface area contributed by atoms with Gasteiger partial charge in [0.05, 0.1) is 0 Å². The second kappa shape index (κ2) is 5.45. The van der Waals surface area contributed by atoms with Crippen LogP contribution in [0.4, 0.5) is 5.82 Å². The normalized spacial score (nSPS) is 11.6. The largest absolute Gasteiger partial charge is 0.371 e. The molecule has 1 aromatic rings. The molecule has 17 heavy (non-hydrogen) atoms. The van der Waals surface area contributed by atoms with Crippen molar-refractivity contribution in [1.82, 2.24) is 9.97 Å². The molecular formula is C13H23N3O. The van der Waals surface area contributed by atoms with Crippen molar-refractivity contribution in [3.05, 3.63) is 17.1 Å². The molecule has 0 aliphatic heterocycles. The Kier molecular flexibility index (Phi) is 4.46. The van der Waals surface area contributed by atoms with Crippen LogP contribution in [0.15, 0.2) is 0 Å². The fourth-order valence-corrected chi connectivity index (χ4v) is 1.61. The third-order valence-electron chi connectivity index (χ3n) is 2.97. The van der Waals surface area contributed by atoms with Gasteiger partial charge >= 0.3 is 0 Å². The third kappa shape index (κ3) is 2.94. The van der Waals surface area contributed by atoms with Crippen LogP contribution in [0.1, 0.15) is 44.8 Å². The molecule has 0 fully saturated rings. The number of ether oxygens (including phenoxy) is 1. The summed E-state index contributed by atoms with van der Waals surface area (Å²) in [7, 11) is 1.68. The molecular weight excluding hydrogens is 214 g/mol. The molecule has 0 aliphatic carbocycles. The van der Waals surface area contributed by atoms with E-state index < -0.39 is 5.60 Å². The molecule has 0 spiro atoms. The lowest BCUT2D eigenvalue weighted by Gasteiger charge is -2.23. The lowest BCUT2D eigenvalue weighted by Crippen LogP contribution is -2.25. The molecule has 0 aliphatic rings. The molecule has 1 N–H and O–H groups in total. The Balaban J connectivity index is 3.29. The number of aromatic nitrogens is 2. The van der Waals surface area contributed by atoms with Crippen molar-refractivity contribution in [2.24, 2.45) is 0 Å². The minimum absolute atomic E-state index is 0.457. The molecule has 4 nitrogen and oxygen atoms in total. The molecule has 0 saturated heterocycles. The Morgan fingerprint density at radius 1 is 1.24 bits per heavy atom. The number of aryl methyl sites for hydroxylation is 1. The highest BCUT2D eigenvalue weighted by Crippen LogP contribution is 2.24. The molecule has 1 heterocycles. The maximum absolute atomic E-state index is 5.44. The van der Waals surface area contributed by atoms with Gasteiger partial charge in [-0.05, 0) is 34.1 Å². The van der Waals surface area contributed by atoms with Gasteiger partial charge in [-0.3, -0.25) is 0 Å². The Bertz CT molecular complexity index is 388. The topological polar surface area (TPSA) is 47.0 Å². The van der Waals surface area contributed by atoms with E-state index in [0.29, 0.717) is 0 Å². The van der Waals surface area contributed by atoms with E-state index in [1.54, 1.807) is 7.11 Å². The Morgan fingerprint density at radius 3 is 2.35 bits per heavy atom. The first-order chi connectivity index (χ1) is 7.96. The minimum Gasteiger partial charge on any atom is -0.371 e. The molecule has 0 radical (unpaired) electrons. The lowest BCUT2D eigenvalue weighted by molar-refractivity contribution is 0.0114. The second-order valence-corrected chi connectivity index (χ2v) is 4.57. The van der Waals surface area contributed by atoms with Crippen molar-refractivity contribution < 1.29 is 4.74 Å². The van der Waals surface area contributed by atoms with Crippen LogP contribution in [-0.4, -0.2) is 23.6 Å². The molecule has 0 unspecified atom stereocenters. The average molecular weight is 237 g/mol. The smallest absolute Gasteiger partial charge is 0.162 e. The Hall–Kier alpha value is -1.16. The summed E-state index contributed by atoms with van der Waals surface area (Å²) >= 11 is 0. The maximum atomic E-state index is 5.44. The second-order valence-electron chi connectivity index (χ2n) is 4.57. The molecule has 0 aromatic carbocycles. The van der Waals surface area contributed by atoms with Crippen LogP contribution in [0, 0.1) is 6.92 Å². The fraction of sp³-hybridized carbons (Fsp3) is 0.692. The number of anilines is 1. The quantitative estimate of drug-likeness (QED) is 0.855. The van der Waals surface area contributed by atoms with E-state index >= 15 is 0 Å². The molecule has 0 atom stereocenters. The highest BCUT2D eigenvalue weighted by molar-refractivity contribution is 5.46. The van der Waals surface area contributed by atoms with Gasteiger partial charge in [0.2, 0.25) is 0 Å². The third-order valence-corrected chi connectivity index (χ3v) is 2.97. The summed E-state index contributed by atoms with van der Waals surface area (Å²) in [6, 6.07) is 0. The van der Waals surface area contributed by atoms with Gasteiger partial charge < -0.3 is 10.1 Å². The summed E-state index contributed by atoms with van der Waals surface area (Å²) in [5.74, 6) is 1.65. The van der Waals surface area contributed by atoms with Crippen LogP contribution < -0.4 is 5.32 Å². The van der Waals surface area contributed by atoms with Crippen LogP contribution in [0.5, 0.6) is 0 Å². The maximum Gasteiger partial charge on any atom is 0.162 e. The summed E-state index contributed by atoms with van der Waals surface area (Å²) in [4.78, 5) is 9.17. The van der Waals surface area contributed by atoms with Gasteiger partial charge in [-0.15, -0.1) is 0 Å².